The maximum Gasteiger partial charge on any atom is 0.261 e. The molecular weight excluding hydrogens is 326 g/mol. The first-order valence-electron chi connectivity index (χ1n) is 7.31. The molecule has 6 nitrogen and oxygen atoms in total. The number of benzene rings is 2. The minimum atomic E-state index is -3.58. The standard InChI is InChI=1S/C17H17N3O3S/c1-20-12-11-18-17(20)13-23-15-9-7-14(8-10-15)19-24(21,22)16-5-3-2-4-6-16/h2-12,19H,13H2,1H3. The van der Waals surface area contributed by atoms with Gasteiger partial charge in [-0.2, -0.15) is 0 Å². The molecule has 1 aromatic heterocycles. The zero-order valence-electron chi connectivity index (χ0n) is 13.1. The molecule has 0 aliphatic carbocycles. The van der Waals surface area contributed by atoms with Gasteiger partial charge in [0.25, 0.3) is 10.0 Å². The van der Waals surface area contributed by atoms with Gasteiger partial charge < -0.3 is 9.30 Å². The molecule has 1 N–H and O–H groups in total. The first-order valence-corrected chi connectivity index (χ1v) is 8.80. The topological polar surface area (TPSA) is 73.2 Å². The van der Waals surface area contributed by atoms with Crippen LogP contribution in [0.5, 0.6) is 5.75 Å². The second-order valence-corrected chi connectivity index (χ2v) is 6.87. The van der Waals surface area contributed by atoms with Gasteiger partial charge in [0.2, 0.25) is 0 Å². The SMILES string of the molecule is Cn1ccnc1COc1ccc(NS(=O)(=O)c2ccccc2)cc1. The first-order chi connectivity index (χ1) is 11.5. The normalized spacial score (nSPS) is 11.2. The van der Waals surface area contributed by atoms with Crippen molar-refractivity contribution in [3.63, 3.8) is 0 Å². The van der Waals surface area contributed by atoms with Gasteiger partial charge in [-0.05, 0) is 36.4 Å². The molecule has 124 valence electrons. The van der Waals surface area contributed by atoms with Crippen LogP contribution in [0.2, 0.25) is 0 Å². The lowest BCUT2D eigenvalue weighted by atomic mass is 10.3. The molecule has 7 heteroatoms. The number of ether oxygens (including phenoxy) is 1. The first kappa shape index (κ1) is 16.1. The van der Waals surface area contributed by atoms with E-state index in [-0.39, 0.29) is 4.90 Å². The summed E-state index contributed by atoms with van der Waals surface area (Å²) in [6.07, 6.45) is 3.56. The van der Waals surface area contributed by atoms with E-state index in [1.165, 1.54) is 0 Å². The van der Waals surface area contributed by atoms with Gasteiger partial charge in [-0.25, -0.2) is 13.4 Å². The van der Waals surface area contributed by atoms with Crippen LogP contribution < -0.4 is 9.46 Å². The minimum absolute atomic E-state index is 0.222. The third-order valence-electron chi connectivity index (χ3n) is 3.45. The van der Waals surface area contributed by atoms with Crippen molar-refractivity contribution in [2.75, 3.05) is 4.72 Å². The van der Waals surface area contributed by atoms with Crippen LogP contribution in [0.3, 0.4) is 0 Å². The molecule has 3 aromatic rings. The molecule has 24 heavy (non-hydrogen) atoms. The molecule has 1 heterocycles. The Labute approximate surface area is 140 Å². The lowest BCUT2D eigenvalue weighted by molar-refractivity contribution is 0.292. The third-order valence-corrected chi connectivity index (χ3v) is 4.85. The minimum Gasteiger partial charge on any atom is -0.486 e. The predicted molar refractivity (Wildman–Crippen MR) is 91.2 cm³/mol. The molecule has 0 saturated heterocycles. The average Bonchev–Trinajstić information content (AvgIpc) is 3.00. The van der Waals surface area contributed by atoms with E-state index >= 15 is 0 Å². The van der Waals surface area contributed by atoms with E-state index in [1.54, 1.807) is 60.8 Å². The van der Waals surface area contributed by atoms with Crippen molar-refractivity contribution in [2.45, 2.75) is 11.5 Å². The summed E-state index contributed by atoms with van der Waals surface area (Å²) in [5.41, 5.74) is 0.475. The van der Waals surface area contributed by atoms with Gasteiger partial charge in [0.1, 0.15) is 18.2 Å². The summed E-state index contributed by atoms with van der Waals surface area (Å²) < 4.78 is 34.6. The summed E-state index contributed by atoms with van der Waals surface area (Å²) in [4.78, 5) is 4.40. The summed E-state index contributed by atoms with van der Waals surface area (Å²) in [5.74, 6) is 1.45. The molecule has 0 amide bonds. The van der Waals surface area contributed by atoms with Crippen LogP contribution in [0.1, 0.15) is 5.82 Å². The molecule has 0 fully saturated rings. The van der Waals surface area contributed by atoms with Gasteiger partial charge in [0, 0.05) is 25.1 Å². The number of rotatable bonds is 6. The van der Waals surface area contributed by atoms with E-state index in [4.69, 9.17) is 4.74 Å². The number of nitrogens with zero attached hydrogens (tertiary/aromatic N) is 2. The Balaban J connectivity index is 1.65. The van der Waals surface area contributed by atoms with E-state index in [0.717, 1.165) is 5.82 Å². The Kier molecular flexibility index (Phi) is 4.52. The fourth-order valence-corrected chi connectivity index (χ4v) is 3.20. The summed E-state index contributed by atoms with van der Waals surface area (Å²) in [7, 11) is -1.69. The number of aromatic nitrogens is 2. The molecule has 0 aliphatic heterocycles. The highest BCUT2D eigenvalue weighted by atomic mass is 32.2. The second kappa shape index (κ2) is 6.76. The highest BCUT2D eigenvalue weighted by molar-refractivity contribution is 7.92. The largest absolute Gasteiger partial charge is 0.486 e. The third kappa shape index (κ3) is 3.75. The van der Waals surface area contributed by atoms with E-state index in [1.807, 2.05) is 17.8 Å². The number of imidazole rings is 1. The molecule has 0 spiro atoms. The quantitative estimate of drug-likeness (QED) is 0.747. The van der Waals surface area contributed by atoms with Crippen LogP contribution in [0, 0.1) is 0 Å². The van der Waals surface area contributed by atoms with E-state index in [0.29, 0.717) is 18.0 Å². The van der Waals surface area contributed by atoms with Crippen molar-refractivity contribution in [1.29, 1.82) is 0 Å². The van der Waals surface area contributed by atoms with Gasteiger partial charge in [-0.1, -0.05) is 18.2 Å². The van der Waals surface area contributed by atoms with Crippen molar-refractivity contribution < 1.29 is 13.2 Å². The van der Waals surface area contributed by atoms with Crippen molar-refractivity contribution >= 4 is 15.7 Å². The zero-order chi connectivity index (χ0) is 17.0. The Bertz CT molecular complexity index is 904. The number of sulfonamides is 1. The van der Waals surface area contributed by atoms with Crippen molar-refractivity contribution in [2.24, 2.45) is 7.05 Å². The Morgan fingerprint density at radius 2 is 1.79 bits per heavy atom. The molecule has 0 atom stereocenters. The Morgan fingerprint density at radius 3 is 2.42 bits per heavy atom. The number of nitrogens with one attached hydrogen (secondary N) is 1. The maximum absolute atomic E-state index is 12.3. The van der Waals surface area contributed by atoms with Crippen molar-refractivity contribution in [3.05, 3.63) is 72.8 Å². The lowest BCUT2D eigenvalue weighted by Gasteiger charge is -2.10. The van der Waals surface area contributed by atoms with E-state index in [2.05, 4.69) is 9.71 Å². The molecule has 0 aliphatic rings. The monoisotopic (exact) mass is 343 g/mol. The summed E-state index contributed by atoms with van der Waals surface area (Å²) in [6.45, 7) is 0.346. The molecule has 0 unspecified atom stereocenters. The maximum atomic E-state index is 12.3. The van der Waals surface area contributed by atoms with Gasteiger partial charge in [-0.3, -0.25) is 4.72 Å². The number of anilines is 1. The Hall–Kier alpha value is -2.80. The smallest absolute Gasteiger partial charge is 0.261 e. The van der Waals surface area contributed by atoms with Crippen LogP contribution in [-0.4, -0.2) is 18.0 Å². The van der Waals surface area contributed by atoms with Crippen LogP contribution in [0.25, 0.3) is 0 Å². The van der Waals surface area contributed by atoms with Gasteiger partial charge in [-0.15, -0.1) is 0 Å². The molecule has 0 radical (unpaired) electrons. The van der Waals surface area contributed by atoms with Gasteiger partial charge in [0.15, 0.2) is 0 Å². The van der Waals surface area contributed by atoms with Gasteiger partial charge >= 0.3 is 0 Å². The zero-order valence-corrected chi connectivity index (χ0v) is 13.9. The number of aryl methyl sites for hydroxylation is 1. The summed E-state index contributed by atoms with van der Waals surface area (Å²) >= 11 is 0. The molecule has 0 saturated carbocycles. The highest BCUT2D eigenvalue weighted by Gasteiger charge is 2.13. The van der Waals surface area contributed by atoms with Crippen LogP contribution in [0.15, 0.2) is 71.9 Å². The van der Waals surface area contributed by atoms with Gasteiger partial charge in [0.05, 0.1) is 4.90 Å². The molecular formula is C17H17N3O3S. The number of hydrogen-bond donors (Lipinski definition) is 1. The number of hydrogen-bond acceptors (Lipinski definition) is 4. The van der Waals surface area contributed by atoms with E-state index in [9.17, 15) is 8.42 Å². The molecule has 2 aromatic carbocycles. The van der Waals surface area contributed by atoms with Crippen LogP contribution in [0.4, 0.5) is 5.69 Å². The molecule has 3 rings (SSSR count). The van der Waals surface area contributed by atoms with Crippen molar-refractivity contribution in [3.8, 4) is 5.75 Å². The summed E-state index contributed by atoms with van der Waals surface area (Å²) in [6, 6.07) is 15.0. The average molecular weight is 343 g/mol. The Morgan fingerprint density at radius 1 is 1.08 bits per heavy atom. The fraction of sp³-hybridized carbons (Fsp3) is 0.118. The molecule has 0 bridgehead atoms. The van der Waals surface area contributed by atoms with Crippen molar-refractivity contribution in [1.82, 2.24) is 9.55 Å². The second-order valence-electron chi connectivity index (χ2n) is 5.19. The van der Waals surface area contributed by atoms with Crippen LogP contribution in [-0.2, 0) is 23.7 Å². The fourth-order valence-electron chi connectivity index (χ4n) is 2.12. The lowest BCUT2D eigenvalue weighted by Crippen LogP contribution is -2.12. The predicted octanol–water partition coefficient (Wildman–Crippen LogP) is 2.80. The van der Waals surface area contributed by atoms with E-state index < -0.39 is 10.0 Å². The highest BCUT2D eigenvalue weighted by Crippen LogP contribution is 2.20. The summed E-state index contributed by atoms with van der Waals surface area (Å²) in [5, 5.41) is 0. The van der Waals surface area contributed by atoms with Crippen LogP contribution >= 0.6 is 0 Å².